The lowest BCUT2D eigenvalue weighted by Crippen LogP contribution is -2.27. The van der Waals surface area contributed by atoms with Crippen LogP contribution in [0.25, 0.3) is 0 Å². The normalized spacial score (nSPS) is 10.7. The van der Waals surface area contributed by atoms with E-state index in [9.17, 15) is 4.79 Å². The van der Waals surface area contributed by atoms with Crippen molar-refractivity contribution in [2.45, 2.75) is 33.9 Å². The Kier molecular flexibility index (Phi) is 7.96. The fraction of sp³-hybridized carbons (Fsp3) is 0.269. The Balaban J connectivity index is 1.66. The van der Waals surface area contributed by atoms with Gasteiger partial charge in [0.2, 0.25) is 0 Å². The van der Waals surface area contributed by atoms with Gasteiger partial charge in [-0.15, -0.1) is 0 Å². The van der Waals surface area contributed by atoms with E-state index in [1.54, 1.807) is 0 Å². The van der Waals surface area contributed by atoms with Crippen molar-refractivity contribution in [1.82, 2.24) is 5.32 Å². The topological polar surface area (TPSA) is 50.4 Å². The molecule has 0 heterocycles. The molecule has 0 aromatic heterocycles. The lowest BCUT2D eigenvalue weighted by Gasteiger charge is -2.14. The fourth-order valence-electron chi connectivity index (χ4n) is 3.04. The van der Waals surface area contributed by atoms with Gasteiger partial charge >= 0.3 is 0 Å². The number of hydrogen-bond acceptors (Lipinski definition) is 3. The van der Waals surface area contributed by atoms with Gasteiger partial charge in [0.25, 0.3) is 5.91 Å². The SMILES string of the molecule is Cc1ccc(COc2ccc(Cl)cc2CNc2cccc(C(=O)NCC(C)C)c2)cc1. The average molecular weight is 437 g/mol. The van der Waals surface area contributed by atoms with Crippen LogP contribution in [-0.4, -0.2) is 12.5 Å². The molecule has 0 unspecified atom stereocenters. The lowest BCUT2D eigenvalue weighted by molar-refractivity contribution is 0.0949. The highest BCUT2D eigenvalue weighted by Crippen LogP contribution is 2.25. The zero-order valence-electron chi connectivity index (χ0n) is 18.2. The van der Waals surface area contributed by atoms with Gasteiger partial charge < -0.3 is 15.4 Å². The summed E-state index contributed by atoms with van der Waals surface area (Å²) in [4.78, 5) is 12.3. The first kappa shape index (κ1) is 22.7. The van der Waals surface area contributed by atoms with Crippen LogP contribution in [0.1, 0.15) is 40.9 Å². The largest absolute Gasteiger partial charge is 0.489 e. The molecule has 0 saturated heterocycles. The summed E-state index contributed by atoms with van der Waals surface area (Å²) in [7, 11) is 0. The number of rotatable bonds is 9. The summed E-state index contributed by atoms with van der Waals surface area (Å²) in [6.07, 6.45) is 0. The molecule has 0 atom stereocenters. The number of ether oxygens (including phenoxy) is 1. The molecular weight excluding hydrogens is 408 g/mol. The van der Waals surface area contributed by atoms with Crippen LogP contribution in [0.15, 0.2) is 66.7 Å². The molecule has 162 valence electrons. The van der Waals surface area contributed by atoms with Gasteiger partial charge in [-0.25, -0.2) is 0 Å². The third-order valence-electron chi connectivity index (χ3n) is 4.82. The Labute approximate surface area is 189 Å². The first-order valence-corrected chi connectivity index (χ1v) is 10.9. The van der Waals surface area contributed by atoms with Gasteiger partial charge in [-0.1, -0.05) is 61.3 Å². The van der Waals surface area contributed by atoms with Gasteiger partial charge in [0.05, 0.1) is 0 Å². The smallest absolute Gasteiger partial charge is 0.251 e. The molecule has 1 amide bonds. The summed E-state index contributed by atoms with van der Waals surface area (Å²) in [5.74, 6) is 1.12. The minimum atomic E-state index is -0.0674. The molecule has 31 heavy (non-hydrogen) atoms. The zero-order valence-corrected chi connectivity index (χ0v) is 19.0. The lowest BCUT2D eigenvalue weighted by atomic mass is 10.1. The van der Waals surface area contributed by atoms with Gasteiger partial charge in [0, 0.05) is 34.9 Å². The van der Waals surface area contributed by atoms with Crippen LogP contribution in [0.2, 0.25) is 5.02 Å². The van der Waals surface area contributed by atoms with Crippen LogP contribution >= 0.6 is 11.6 Å². The number of aryl methyl sites for hydroxylation is 1. The quantitative estimate of drug-likeness (QED) is 0.418. The van der Waals surface area contributed by atoms with Crippen molar-refractivity contribution >= 4 is 23.2 Å². The molecule has 2 N–H and O–H groups in total. The highest BCUT2D eigenvalue weighted by molar-refractivity contribution is 6.30. The van der Waals surface area contributed by atoms with Gasteiger partial charge in [-0.05, 0) is 54.8 Å². The first-order chi connectivity index (χ1) is 14.9. The second-order valence-electron chi connectivity index (χ2n) is 8.06. The number of hydrogen-bond donors (Lipinski definition) is 2. The maximum absolute atomic E-state index is 12.3. The van der Waals surface area contributed by atoms with Crippen LogP contribution in [0.5, 0.6) is 5.75 Å². The van der Waals surface area contributed by atoms with Gasteiger partial charge in [-0.3, -0.25) is 4.79 Å². The number of carbonyl (C=O) groups is 1. The van der Waals surface area contributed by atoms with Crippen molar-refractivity contribution in [3.63, 3.8) is 0 Å². The number of benzene rings is 3. The molecule has 0 bridgehead atoms. The average Bonchev–Trinajstić information content (AvgIpc) is 2.76. The second kappa shape index (κ2) is 10.9. The Bertz CT molecular complexity index is 1020. The van der Waals surface area contributed by atoms with Crippen molar-refractivity contribution in [2.75, 3.05) is 11.9 Å². The van der Waals surface area contributed by atoms with E-state index in [1.165, 1.54) is 5.56 Å². The number of anilines is 1. The van der Waals surface area contributed by atoms with Crippen molar-refractivity contribution in [1.29, 1.82) is 0 Å². The maximum atomic E-state index is 12.3. The second-order valence-corrected chi connectivity index (χ2v) is 8.50. The molecule has 0 saturated carbocycles. The van der Waals surface area contributed by atoms with E-state index in [4.69, 9.17) is 16.3 Å². The fourth-order valence-corrected chi connectivity index (χ4v) is 3.23. The van der Waals surface area contributed by atoms with Crippen molar-refractivity contribution in [3.8, 4) is 5.75 Å². The molecule has 0 aliphatic heterocycles. The van der Waals surface area contributed by atoms with E-state index >= 15 is 0 Å². The van der Waals surface area contributed by atoms with E-state index in [0.717, 1.165) is 22.6 Å². The summed E-state index contributed by atoms with van der Waals surface area (Å²) < 4.78 is 6.06. The summed E-state index contributed by atoms with van der Waals surface area (Å²) in [5, 5.41) is 6.98. The van der Waals surface area contributed by atoms with Crippen molar-refractivity contribution in [3.05, 3.63) is 94.0 Å². The monoisotopic (exact) mass is 436 g/mol. The van der Waals surface area contributed by atoms with Crippen molar-refractivity contribution < 1.29 is 9.53 Å². The molecule has 3 rings (SSSR count). The highest BCUT2D eigenvalue weighted by atomic mass is 35.5. The Morgan fingerprint density at radius 1 is 1.03 bits per heavy atom. The zero-order chi connectivity index (χ0) is 22.2. The molecule has 3 aromatic rings. The molecule has 3 aromatic carbocycles. The van der Waals surface area contributed by atoms with Crippen LogP contribution < -0.4 is 15.4 Å². The van der Waals surface area contributed by atoms with E-state index in [1.807, 2.05) is 42.5 Å². The standard InChI is InChI=1S/C26H29ClN2O2/c1-18(2)15-29-26(30)21-5-4-6-24(14-21)28-16-22-13-23(27)11-12-25(22)31-17-20-9-7-19(3)8-10-20/h4-14,18,28H,15-17H2,1-3H3,(H,29,30). The number of nitrogens with one attached hydrogen (secondary N) is 2. The molecule has 5 heteroatoms. The Morgan fingerprint density at radius 2 is 1.81 bits per heavy atom. The number of amides is 1. The molecular formula is C26H29ClN2O2. The first-order valence-electron chi connectivity index (χ1n) is 10.5. The molecule has 4 nitrogen and oxygen atoms in total. The third kappa shape index (κ3) is 7.04. The van der Waals surface area contributed by atoms with Gasteiger partial charge in [0.15, 0.2) is 0 Å². The summed E-state index contributed by atoms with van der Waals surface area (Å²) in [6.45, 7) is 7.88. The molecule has 0 radical (unpaired) electrons. The Hall–Kier alpha value is -2.98. The van der Waals surface area contributed by atoms with Crippen LogP contribution in [-0.2, 0) is 13.2 Å². The highest BCUT2D eigenvalue weighted by Gasteiger charge is 2.09. The minimum absolute atomic E-state index is 0.0674. The molecule has 0 aliphatic rings. The van der Waals surface area contributed by atoms with Crippen LogP contribution in [0, 0.1) is 12.8 Å². The summed E-state index contributed by atoms with van der Waals surface area (Å²) in [6, 6.07) is 21.4. The van der Waals surface area contributed by atoms with E-state index in [0.29, 0.717) is 36.2 Å². The number of halogens is 1. The number of carbonyl (C=O) groups excluding carboxylic acids is 1. The Morgan fingerprint density at radius 3 is 2.55 bits per heavy atom. The van der Waals surface area contributed by atoms with E-state index < -0.39 is 0 Å². The predicted molar refractivity (Wildman–Crippen MR) is 128 cm³/mol. The van der Waals surface area contributed by atoms with Gasteiger partial charge in [0.1, 0.15) is 12.4 Å². The van der Waals surface area contributed by atoms with Gasteiger partial charge in [-0.2, -0.15) is 0 Å². The molecule has 0 aliphatic carbocycles. The van der Waals surface area contributed by atoms with Crippen LogP contribution in [0.3, 0.4) is 0 Å². The summed E-state index contributed by atoms with van der Waals surface area (Å²) >= 11 is 6.22. The molecule has 0 fully saturated rings. The van der Waals surface area contributed by atoms with E-state index in [2.05, 4.69) is 55.7 Å². The van der Waals surface area contributed by atoms with Crippen LogP contribution in [0.4, 0.5) is 5.69 Å². The van der Waals surface area contributed by atoms with Crippen molar-refractivity contribution in [2.24, 2.45) is 5.92 Å². The third-order valence-corrected chi connectivity index (χ3v) is 5.05. The maximum Gasteiger partial charge on any atom is 0.251 e. The van der Waals surface area contributed by atoms with E-state index in [-0.39, 0.29) is 5.91 Å². The minimum Gasteiger partial charge on any atom is -0.489 e. The molecule has 0 spiro atoms. The predicted octanol–water partition coefficient (Wildman–Crippen LogP) is 6.23. The summed E-state index contributed by atoms with van der Waals surface area (Å²) in [5.41, 5.74) is 4.78.